The predicted octanol–water partition coefficient (Wildman–Crippen LogP) is 3.86. The van der Waals surface area contributed by atoms with E-state index in [4.69, 9.17) is 28.9 Å². The molecule has 4 rings (SSSR count). The average molecular weight is 427 g/mol. The molecule has 2 aliphatic rings. The standard InChI is InChI=1S/C25H34N2O4/c1-15-17-7-9-25(23(17)26-21(13-30-5)19(15)11-28-3)10-8-18-16(2)20(12-29-4)22(14-31-6)27-24(18)25/h7-14H2,1-6H3. The Morgan fingerprint density at radius 1 is 0.645 bits per heavy atom. The molecule has 6 heteroatoms. The first-order chi connectivity index (χ1) is 15.0. The molecule has 6 nitrogen and oxygen atoms in total. The van der Waals surface area contributed by atoms with Gasteiger partial charge in [-0.3, -0.25) is 9.97 Å². The third-order valence-corrected chi connectivity index (χ3v) is 7.22. The molecule has 0 atom stereocenters. The molecule has 0 radical (unpaired) electrons. The Bertz CT molecular complexity index is 907. The number of rotatable bonds is 8. The molecule has 0 amide bonds. The minimum atomic E-state index is -0.123. The Morgan fingerprint density at radius 3 is 1.39 bits per heavy atom. The Labute approximate surface area is 185 Å². The molecular formula is C25H34N2O4. The molecule has 0 fully saturated rings. The van der Waals surface area contributed by atoms with Crippen LogP contribution in [-0.4, -0.2) is 38.4 Å². The van der Waals surface area contributed by atoms with E-state index in [-0.39, 0.29) is 5.41 Å². The van der Waals surface area contributed by atoms with Gasteiger partial charge in [-0.25, -0.2) is 0 Å². The fraction of sp³-hybridized carbons (Fsp3) is 0.600. The number of methoxy groups -OCH3 is 4. The van der Waals surface area contributed by atoms with Crippen molar-refractivity contribution in [3.8, 4) is 0 Å². The Morgan fingerprint density at radius 2 is 1.03 bits per heavy atom. The third-order valence-electron chi connectivity index (χ3n) is 7.22. The highest BCUT2D eigenvalue weighted by Gasteiger charge is 2.49. The van der Waals surface area contributed by atoms with Crippen LogP contribution in [0.25, 0.3) is 0 Å². The second-order valence-electron chi connectivity index (χ2n) is 8.79. The Hall–Kier alpha value is -1.86. The highest BCUT2D eigenvalue weighted by Crippen LogP contribution is 2.53. The van der Waals surface area contributed by atoms with E-state index in [1.807, 2.05) is 0 Å². The van der Waals surface area contributed by atoms with Gasteiger partial charge < -0.3 is 18.9 Å². The number of pyridine rings is 2. The monoisotopic (exact) mass is 426 g/mol. The molecule has 0 bridgehead atoms. The highest BCUT2D eigenvalue weighted by molar-refractivity contribution is 5.55. The average Bonchev–Trinajstić information content (AvgIpc) is 3.31. The predicted molar refractivity (Wildman–Crippen MR) is 118 cm³/mol. The van der Waals surface area contributed by atoms with Crippen molar-refractivity contribution in [2.24, 2.45) is 0 Å². The van der Waals surface area contributed by atoms with Crippen LogP contribution in [0.15, 0.2) is 0 Å². The molecule has 2 heterocycles. The summed E-state index contributed by atoms with van der Waals surface area (Å²) in [5, 5.41) is 0. The minimum absolute atomic E-state index is 0.123. The van der Waals surface area contributed by atoms with Crippen LogP contribution in [0.5, 0.6) is 0 Å². The van der Waals surface area contributed by atoms with E-state index in [0.29, 0.717) is 26.4 Å². The smallest absolute Gasteiger partial charge is 0.0888 e. The zero-order chi connectivity index (χ0) is 22.2. The van der Waals surface area contributed by atoms with Crippen LogP contribution in [0.2, 0.25) is 0 Å². The molecule has 0 saturated heterocycles. The van der Waals surface area contributed by atoms with Gasteiger partial charge in [-0.05, 0) is 61.8 Å². The lowest BCUT2D eigenvalue weighted by Gasteiger charge is -2.27. The van der Waals surface area contributed by atoms with E-state index in [1.165, 1.54) is 33.6 Å². The largest absolute Gasteiger partial charge is 0.380 e. The zero-order valence-corrected chi connectivity index (χ0v) is 19.7. The van der Waals surface area contributed by atoms with Crippen LogP contribution < -0.4 is 0 Å². The summed E-state index contributed by atoms with van der Waals surface area (Å²) < 4.78 is 22.0. The van der Waals surface area contributed by atoms with Gasteiger partial charge in [0.2, 0.25) is 0 Å². The van der Waals surface area contributed by atoms with Crippen LogP contribution in [-0.2, 0) is 63.6 Å². The zero-order valence-electron chi connectivity index (χ0n) is 19.7. The Balaban J connectivity index is 1.91. The normalized spacial score (nSPS) is 16.2. The first-order valence-corrected chi connectivity index (χ1v) is 11.0. The van der Waals surface area contributed by atoms with Gasteiger partial charge in [0.1, 0.15) is 0 Å². The molecule has 2 aromatic heterocycles. The number of nitrogens with zero attached hydrogens (tertiary/aromatic N) is 2. The summed E-state index contributed by atoms with van der Waals surface area (Å²) in [5.74, 6) is 0. The molecule has 2 aliphatic carbocycles. The topological polar surface area (TPSA) is 62.7 Å². The Kier molecular flexibility index (Phi) is 6.44. The fourth-order valence-corrected chi connectivity index (χ4v) is 5.67. The molecule has 0 saturated carbocycles. The van der Waals surface area contributed by atoms with E-state index in [0.717, 1.165) is 48.2 Å². The van der Waals surface area contributed by atoms with E-state index < -0.39 is 0 Å². The van der Waals surface area contributed by atoms with Crippen molar-refractivity contribution in [1.29, 1.82) is 0 Å². The van der Waals surface area contributed by atoms with Gasteiger partial charge >= 0.3 is 0 Å². The van der Waals surface area contributed by atoms with E-state index in [1.54, 1.807) is 28.4 Å². The molecule has 1 spiro atoms. The van der Waals surface area contributed by atoms with Crippen molar-refractivity contribution in [2.45, 2.75) is 71.4 Å². The summed E-state index contributed by atoms with van der Waals surface area (Å²) in [5.41, 5.74) is 11.9. The number of ether oxygens (including phenoxy) is 4. The number of aromatic nitrogens is 2. The summed E-state index contributed by atoms with van der Waals surface area (Å²) in [6.07, 6.45) is 4.15. The number of hydrogen-bond acceptors (Lipinski definition) is 6. The first kappa shape index (κ1) is 22.3. The van der Waals surface area contributed by atoms with Crippen LogP contribution in [0.4, 0.5) is 0 Å². The molecule has 0 aliphatic heterocycles. The maximum atomic E-state index is 5.50. The van der Waals surface area contributed by atoms with E-state index in [9.17, 15) is 0 Å². The SMILES string of the molecule is COCc1nc2c(c(C)c1COC)CCC21CCc2c1nc(COC)c(COC)c2C. The van der Waals surface area contributed by atoms with Crippen molar-refractivity contribution in [3.63, 3.8) is 0 Å². The molecule has 0 aromatic carbocycles. The molecule has 168 valence electrons. The van der Waals surface area contributed by atoms with E-state index >= 15 is 0 Å². The van der Waals surface area contributed by atoms with Gasteiger partial charge in [0, 0.05) is 39.6 Å². The van der Waals surface area contributed by atoms with E-state index in [2.05, 4.69) is 13.8 Å². The van der Waals surface area contributed by atoms with Crippen LogP contribution in [0.3, 0.4) is 0 Å². The lowest BCUT2D eigenvalue weighted by Crippen LogP contribution is -2.26. The van der Waals surface area contributed by atoms with Crippen LogP contribution in [0.1, 0.15) is 69.0 Å². The number of fused-ring (bicyclic) bond motifs is 4. The lowest BCUT2D eigenvalue weighted by atomic mass is 9.81. The van der Waals surface area contributed by atoms with Gasteiger partial charge in [-0.15, -0.1) is 0 Å². The van der Waals surface area contributed by atoms with Gasteiger partial charge in [0.05, 0.1) is 54.6 Å². The van der Waals surface area contributed by atoms with Crippen molar-refractivity contribution in [1.82, 2.24) is 9.97 Å². The maximum absolute atomic E-state index is 5.50. The van der Waals surface area contributed by atoms with Crippen molar-refractivity contribution in [2.75, 3.05) is 28.4 Å². The van der Waals surface area contributed by atoms with Crippen molar-refractivity contribution < 1.29 is 18.9 Å². The van der Waals surface area contributed by atoms with Crippen molar-refractivity contribution in [3.05, 3.63) is 56.2 Å². The number of hydrogen-bond donors (Lipinski definition) is 0. The van der Waals surface area contributed by atoms with Crippen LogP contribution in [0, 0.1) is 13.8 Å². The summed E-state index contributed by atoms with van der Waals surface area (Å²) in [7, 11) is 6.92. The molecule has 0 N–H and O–H groups in total. The lowest BCUT2D eigenvalue weighted by molar-refractivity contribution is 0.164. The summed E-state index contributed by atoms with van der Waals surface area (Å²) >= 11 is 0. The quantitative estimate of drug-likeness (QED) is 0.639. The summed E-state index contributed by atoms with van der Waals surface area (Å²) in [6, 6.07) is 0. The highest BCUT2D eigenvalue weighted by atomic mass is 16.5. The molecule has 2 aromatic rings. The molecule has 0 unspecified atom stereocenters. The van der Waals surface area contributed by atoms with Gasteiger partial charge in [0.25, 0.3) is 0 Å². The second-order valence-corrected chi connectivity index (χ2v) is 8.79. The van der Waals surface area contributed by atoms with Gasteiger partial charge in [-0.1, -0.05) is 0 Å². The van der Waals surface area contributed by atoms with Gasteiger partial charge in [-0.2, -0.15) is 0 Å². The summed E-state index contributed by atoms with van der Waals surface area (Å²) in [4.78, 5) is 10.4. The first-order valence-electron chi connectivity index (χ1n) is 11.0. The molecule has 31 heavy (non-hydrogen) atoms. The maximum Gasteiger partial charge on any atom is 0.0888 e. The van der Waals surface area contributed by atoms with Gasteiger partial charge in [0.15, 0.2) is 0 Å². The second kappa shape index (κ2) is 8.94. The van der Waals surface area contributed by atoms with Crippen molar-refractivity contribution >= 4 is 0 Å². The molecular weight excluding hydrogens is 392 g/mol. The third kappa shape index (κ3) is 3.50. The summed E-state index contributed by atoms with van der Waals surface area (Å²) in [6.45, 7) is 6.52. The van der Waals surface area contributed by atoms with Crippen LogP contribution >= 0.6 is 0 Å². The fourth-order valence-electron chi connectivity index (χ4n) is 5.67. The minimum Gasteiger partial charge on any atom is -0.380 e.